The molecule has 0 unspecified atom stereocenters. The first-order chi connectivity index (χ1) is 14.5. The van der Waals surface area contributed by atoms with Crippen LogP contribution in [-0.2, 0) is 11.2 Å². The highest BCUT2D eigenvalue weighted by atomic mass is 35.5. The zero-order chi connectivity index (χ0) is 21.7. The van der Waals surface area contributed by atoms with E-state index in [9.17, 15) is 4.79 Å². The SMILES string of the molecule is COc1cc(Cc2nccc3cc(OC)c(OC)cc23)c(NC(=O)CCl)cc1OC.Cl. The van der Waals surface area contributed by atoms with Gasteiger partial charge in [-0.15, -0.1) is 24.0 Å². The van der Waals surface area contributed by atoms with Gasteiger partial charge in [0, 0.05) is 29.8 Å². The van der Waals surface area contributed by atoms with Crippen molar-refractivity contribution in [2.24, 2.45) is 0 Å². The van der Waals surface area contributed by atoms with Crippen LogP contribution in [0.5, 0.6) is 23.0 Å². The van der Waals surface area contributed by atoms with Crippen molar-refractivity contribution >= 4 is 46.4 Å². The number of alkyl halides is 1. The molecule has 1 heterocycles. The number of aromatic nitrogens is 1. The van der Waals surface area contributed by atoms with Crippen molar-refractivity contribution in [2.75, 3.05) is 39.6 Å². The molecule has 0 fully saturated rings. The summed E-state index contributed by atoms with van der Waals surface area (Å²) in [5.74, 6) is 1.84. The van der Waals surface area contributed by atoms with Crippen molar-refractivity contribution < 1.29 is 23.7 Å². The number of ether oxygens (including phenoxy) is 4. The van der Waals surface area contributed by atoms with E-state index in [0.717, 1.165) is 22.0 Å². The van der Waals surface area contributed by atoms with Gasteiger partial charge in [0.15, 0.2) is 23.0 Å². The van der Waals surface area contributed by atoms with Gasteiger partial charge in [0.05, 0.1) is 34.1 Å². The second-order valence-corrected chi connectivity index (χ2v) is 6.68. The number of hydrogen-bond donors (Lipinski definition) is 1. The molecule has 0 atom stereocenters. The molecule has 1 N–H and O–H groups in total. The van der Waals surface area contributed by atoms with E-state index < -0.39 is 0 Å². The predicted octanol–water partition coefficient (Wildman–Crippen LogP) is 4.46. The number of nitrogens with zero attached hydrogens (tertiary/aromatic N) is 1. The summed E-state index contributed by atoms with van der Waals surface area (Å²) >= 11 is 5.68. The zero-order valence-electron chi connectivity index (χ0n) is 17.7. The number of anilines is 1. The van der Waals surface area contributed by atoms with Gasteiger partial charge in [0.2, 0.25) is 5.91 Å². The van der Waals surface area contributed by atoms with Crippen LogP contribution in [0.15, 0.2) is 36.5 Å². The number of halogens is 2. The number of pyridine rings is 1. The summed E-state index contributed by atoms with van der Waals surface area (Å²) in [6.45, 7) is 0. The Bertz CT molecular complexity index is 1080. The number of benzene rings is 2. The third-order valence-electron chi connectivity index (χ3n) is 4.71. The number of rotatable bonds is 8. The lowest BCUT2D eigenvalue weighted by Gasteiger charge is -2.16. The van der Waals surface area contributed by atoms with E-state index in [1.807, 2.05) is 24.3 Å². The van der Waals surface area contributed by atoms with E-state index >= 15 is 0 Å². The van der Waals surface area contributed by atoms with Crippen LogP contribution in [0.3, 0.4) is 0 Å². The van der Waals surface area contributed by atoms with Crippen LogP contribution in [-0.4, -0.2) is 45.2 Å². The molecule has 31 heavy (non-hydrogen) atoms. The molecule has 0 bridgehead atoms. The molecule has 1 aromatic heterocycles. The van der Waals surface area contributed by atoms with Gasteiger partial charge in [-0.3, -0.25) is 9.78 Å². The first-order valence-electron chi connectivity index (χ1n) is 9.14. The highest BCUT2D eigenvalue weighted by Crippen LogP contribution is 2.37. The van der Waals surface area contributed by atoms with E-state index in [1.165, 1.54) is 7.11 Å². The fourth-order valence-corrected chi connectivity index (χ4v) is 3.31. The lowest BCUT2D eigenvalue weighted by Crippen LogP contribution is -2.14. The summed E-state index contributed by atoms with van der Waals surface area (Å²) in [4.78, 5) is 16.5. The molecule has 3 rings (SSSR count). The average Bonchev–Trinajstić information content (AvgIpc) is 2.78. The molecule has 0 aliphatic rings. The van der Waals surface area contributed by atoms with Gasteiger partial charge in [-0.2, -0.15) is 0 Å². The molecule has 0 radical (unpaired) electrons. The largest absolute Gasteiger partial charge is 0.493 e. The Hall–Kier alpha value is -2.90. The number of fused-ring (bicyclic) bond motifs is 1. The molecule has 0 saturated carbocycles. The fourth-order valence-electron chi connectivity index (χ4n) is 3.25. The Kier molecular flexibility index (Phi) is 8.59. The van der Waals surface area contributed by atoms with Crippen LogP contribution in [0.1, 0.15) is 11.3 Å². The van der Waals surface area contributed by atoms with Gasteiger partial charge in [0.25, 0.3) is 0 Å². The van der Waals surface area contributed by atoms with Crippen molar-refractivity contribution in [3.63, 3.8) is 0 Å². The predicted molar refractivity (Wildman–Crippen MR) is 124 cm³/mol. The maximum atomic E-state index is 11.9. The first kappa shape index (κ1) is 24.4. The number of amides is 1. The summed E-state index contributed by atoms with van der Waals surface area (Å²) in [7, 11) is 6.29. The van der Waals surface area contributed by atoms with Crippen molar-refractivity contribution in [3.05, 3.63) is 47.8 Å². The van der Waals surface area contributed by atoms with E-state index in [1.54, 1.807) is 33.6 Å². The molecule has 166 valence electrons. The van der Waals surface area contributed by atoms with Gasteiger partial charge >= 0.3 is 0 Å². The molecule has 2 aromatic carbocycles. The maximum Gasteiger partial charge on any atom is 0.239 e. The van der Waals surface area contributed by atoms with Gasteiger partial charge in [-0.25, -0.2) is 0 Å². The molecular formula is C22H24Cl2N2O5. The Labute approximate surface area is 192 Å². The molecule has 0 aliphatic carbocycles. The van der Waals surface area contributed by atoms with Crippen molar-refractivity contribution in [1.29, 1.82) is 0 Å². The standard InChI is InChI=1S/C22H23ClN2O5.ClH/c1-27-18-8-13-5-6-24-17(15(13)10-20(18)29-3)7-14-9-19(28-2)21(30-4)11-16(14)25-22(26)12-23;/h5-6,8-11H,7,12H2,1-4H3,(H,25,26);1H. The third kappa shape index (κ3) is 5.24. The topological polar surface area (TPSA) is 78.9 Å². The molecule has 0 spiro atoms. The molecule has 3 aromatic rings. The van der Waals surface area contributed by atoms with E-state index in [4.69, 9.17) is 30.5 Å². The second kappa shape index (κ2) is 10.9. The number of carbonyl (C=O) groups excluding carboxylic acids is 1. The van der Waals surface area contributed by atoms with Crippen LogP contribution >= 0.6 is 24.0 Å². The minimum atomic E-state index is -0.317. The summed E-state index contributed by atoms with van der Waals surface area (Å²) in [5.41, 5.74) is 2.19. The highest BCUT2D eigenvalue weighted by molar-refractivity contribution is 6.29. The van der Waals surface area contributed by atoms with Gasteiger partial charge in [-0.1, -0.05) is 0 Å². The Balaban J connectivity index is 0.00000341. The van der Waals surface area contributed by atoms with E-state index in [0.29, 0.717) is 35.1 Å². The summed E-state index contributed by atoms with van der Waals surface area (Å²) < 4.78 is 21.6. The Morgan fingerprint density at radius 2 is 1.52 bits per heavy atom. The summed E-state index contributed by atoms with van der Waals surface area (Å²) in [6.07, 6.45) is 2.17. The van der Waals surface area contributed by atoms with E-state index in [2.05, 4.69) is 10.3 Å². The van der Waals surface area contributed by atoms with Crippen LogP contribution in [0.25, 0.3) is 10.8 Å². The first-order valence-corrected chi connectivity index (χ1v) is 9.68. The average molecular weight is 467 g/mol. The summed E-state index contributed by atoms with van der Waals surface area (Å²) in [6, 6.07) is 9.25. The van der Waals surface area contributed by atoms with E-state index in [-0.39, 0.29) is 24.2 Å². The molecule has 0 aliphatic heterocycles. The van der Waals surface area contributed by atoms with Crippen molar-refractivity contribution in [3.8, 4) is 23.0 Å². The molecule has 9 heteroatoms. The maximum absolute atomic E-state index is 11.9. The van der Waals surface area contributed by atoms with Gasteiger partial charge in [0.1, 0.15) is 5.88 Å². The van der Waals surface area contributed by atoms with Crippen LogP contribution in [0.2, 0.25) is 0 Å². The molecule has 1 amide bonds. The zero-order valence-corrected chi connectivity index (χ0v) is 19.2. The molecular weight excluding hydrogens is 443 g/mol. The molecule has 0 saturated heterocycles. The molecule has 7 nitrogen and oxygen atoms in total. The number of hydrogen-bond acceptors (Lipinski definition) is 6. The smallest absolute Gasteiger partial charge is 0.239 e. The Morgan fingerprint density at radius 1 is 0.935 bits per heavy atom. The quantitative estimate of drug-likeness (QED) is 0.493. The highest BCUT2D eigenvalue weighted by Gasteiger charge is 2.16. The number of carbonyl (C=O) groups is 1. The van der Waals surface area contributed by atoms with Crippen molar-refractivity contribution in [2.45, 2.75) is 6.42 Å². The fraction of sp³-hybridized carbons (Fsp3) is 0.273. The Morgan fingerprint density at radius 3 is 2.13 bits per heavy atom. The normalized spacial score (nSPS) is 10.2. The second-order valence-electron chi connectivity index (χ2n) is 6.41. The monoisotopic (exact) mass is 466 g/mol. The lowest BCUT2D eigenvalue weighted by atomic mass is 10.0. The van der Waals surface area contributed by atoms with Crippen LogP contribution in [0.4, 0.5) is 5.69 Å². The number of methoxy groups -OCH3 is 4. The van der Waals surface area contributed by atoms with Crippen LogP contribution in [0, 0.1) is 0 Å². The van der Waals surface area contributed by atoms with Crippen molar-refractivity contribution in [1.82, 2.24) is 4.98 Å². The third-order valence-corrected chi connectivity index (χ3v) is 4.96. The summed E-state index contributed by atoms with van der Waals surface area (Å²) in [5, 5.41) is 4.70. The van der Waals surface area contributed by atoms with Crippen LogP contribution < -0.4 is 24.3 Å². The lowest BCUT2D eigenvalue weighted by molar-refractivity contribution is -0.113. The van der Waals surface area contributed by atoms with Gasteiger partial charge in [-0.05, 0) is 35.2 Å². The minimum absolute atomic E-state index is 0. The minimum Gasteiger partial charge on any atom is -0.493 e. The number of nitrogens with one attached hydrogen (secondary N) is 1. The van der Waals surface area contributed by atoms with Gasteiger partial charge < -0.3 is 24.3 Å².